The smallest absolute Gasteiger partial charge is 0.0986 e. The SMILES string of the molecule is c1ccc2c(c1)Cc1cc(C3=Nc4c(c5cccnc5c5ncccc45)C3)ccc1-2. The second-order valence-electron chi connectivity index (χ2n) is 8.07. The van der Waals surface area contributed by atoms with Crippen LogP contribution in [0.15, 0.2) is 84.1 Å². The topological polar surface area (TPSA) is 38.1 Å². The van der Waals surface area contributed by atoms with Crippen molar-refractivity contribution in [3.63, 3.8) is 0 Å². The van der Waals surface area contributed by atoms with E-state index in [1.54, 1.807) is 0 Å². The predicted molar refractivity (Wildman–Crippen MR) is 122 cm³/mol. The number of aliphatic imine (C=N–C) groups is 1. The zero-order chi connectivity index (χ0) is 19.7. The highest BCUT2D eigenvalue weighted by Gasteiger charge is 2.25. The Labute approximate surface area is 173 Å². The minimum Gasteiger partial charge on any atom is -0.254 e. The molecule has 0 bridgehead atoms. The monoisotopic (exact) mass is 383 g/mol. The van der Waals surface area contributed by atoms with Crippen LogP contribution in [0, 0.1) is 0 Å². The van der Waals surface area contributed by atoms with Crippen LogP contribution in [0.4, 0.5) is 5.69 Å². The molecule has 2 aliphatic rings. The zero-order valence-corrected chi connectivity index (χ0v) is 16.3. The first-order valence-electron chi connectivity index (χ1n) is 10.3. The molecule has 5 aromatic rings. The molecule has 2 aromatic heterocycles. The number of hydrogen-bond donors (Lipinski definition) is 0. The summed E-state index contributed by atoms with van der Waals surface area (Å²) in [6, 6.07) is 23.8. The van der Waals surface area contributed by atoms with Crippen molar-refractivity contribution in [1.29, 1.82) is 0 Å². The molecule has 0 amide bonds. The van der Waals surface area contributed by atoms with Crippen LogP contribution in [-0.4, -0.2) is 15.7 Å². The van der Waals surface area contributed by atoms with Gasteiger partial charge in [-0.25, -0.2) is 0 Å². The Morgan fingerprint density at radius 2 is 1.40 bits per heavy atom. The van der Waals surface area contributed by atoms with Gasteiger partial charge in [0.1, 0.15) is 0 Å². The molecule has 0 fully saturated rings. The molecule has 0 N–H and O–H groups in total. The van der Waals surface area contributed by atoms with E-state index in [1.807, 2.05) is 24.5 Å². The molecule has 0 atom stereocenters. The Morgan fingerprint density at radius 3 is 2.30 bits per heavy atom. The summed E-state index contributed by atoms with van der Waals surface area (Å²) in [5, 5.41) is 2.24. The van der Waals surface area contributed by atoms with Gasteiger partial charge in [-0.05, 0) is 64.1 Å². The average molecular weight is 383 g/mol. The van der Waals surface area contributed by atoms with Gasteiger partial charge in [0.15, 0.2) is 0 Å². The summed E-state index contributed by atoms with van der Waals surface area (Å²) in [4.78, 5) is 14.4. The summed E-state index contributed by atoms with van der Waals surface area (Å²) >= 11 is 0. The lowest BCUT2D eigenvalue weighted by atomic mass is 9.96. The minimum absolute atomic E-state index is 0.827. The fraction of sp³-hybridized carbons (Fsp3) is 0.0741. The number of aromatic nitrogens is 2. The highest BCUT2D eigenvalue weighted by molar-refractivity contribution is 6.18. The van der Waals surface area contributed by atoms with Crippen molar-refractivity contribution >= 4 is 33.2 Å². The van der Waals surface area contributed by atoms with E-state index >= 15 is 0 Å². The third-order valence-electron chi connectivity index (χ3n) is 6.42. The first kappa shape index (κ1) is 16.0. The molecule has 0 saturated heterocycles. The van der Waals surface area contributed by atoms with E-state index < -0.39 is 0 Å². The number of pyridine rings is 2. The van der Waals surface area contributed by atoms with Gasteiger partial charge in [-0.15, -0.1) is 0 Å². The summed E-state index contributed by atoms with van der Waals surface area (Å²) in [7, 11) is 0. The highest BCUT2D eigenvalue weighted by atomic mass is 14.8. The van der Waals surface area contributed by atoms with Gasteiger partial charge in [0.05, 0.1) is 22.4 Å². The van der Waals surface area contributed by atoms with Crippen LogP contribution in [0.5, 0.6) is 0 Å². The summed E-state index contributed by atoms with van der Waals surface area (Å²) in [5.41, 5.74) is 12.1. The third-order valence-corrected chi connectivity index (χ3v) is 6.42. The maximum atomic E-state index is 5.12. The molecule has 7 rings (SSSR count). The second kappa shape index (κ2) is 5.83. The van der Waals surface area contributed by atoms with Gasteiger partial charge >= 0.3 is 0 Å². The molecule has 3 nitrogen and oxygen atoms in total. The molecular weight excluding hydrogens is 366 g/mol. The molecule has 0 radical (unpaired) electrons. The lowest BCUT2D eigenvalue weighted by Gasteiger charge is -2.08. The van der Waals surface area contributed by atoms with Crippen molar-refractivity contribution in [1.82, 2.24) is 9.97 Å². The van der Waals surface area contributed by atoms with Gasteiger partial charge < -0.3 is 0 Å². The highest BCUT2D eigenvalue weighted by Crippen LogP contribution is 2.42. The largest absolute Gasteiger partial charge is 0.254 e. The van der Waals surface area contributed by atoms with Crippen molar-refractivity contribution < 1.29 is 0 Å². The predicted octanol–water partition coefficient (Wildman–Crippen LogP) is 6.03. The number of benzene rings is 3. The van der Waals surface area contributed by atoms with Crippen LogP contribution in [0.1, 0.15) is 22.3 Å². The molecule has 0 spiro atoms. The van der Waals surface area contributed by atoms with E-state index in [1.165, 1.54) is 33.4 Å². The Morgan fingerprint density at radius 1 is 0.633 bits per heavy atom. The van der Waals surface area contributed by atoms with Gasteiger partial charge in [0.25, 0.3) is 0 Å². The van der Waals surface area contributed by atoms with Crippen LogP contribution in [-0.2, 0) is 12.8 Å². The molecule has 30 heavy (non-hydrogen) atoms. The van der Waals surface area contributed by atoms with Crippen molar-refractivity contribution in [3.8, 4) is 11.1 Å². The molecule has 3 heterocycles. The first-order chi connectivity index (χ1) is 14.9. The summed E-state index contributed by atoms with van der Waals surface area (Å²) < 4.78 is 0. The van der Waals surface area contributed by atoms with Crippen molar-refractivity contribution in [2.45, 2.75) is 12.8 Å². The Hall–Kier alpha value is -3.85. The van der Waals surface area contributed by atoms with Gasteiger partial charge in [-0.2, -0.15) is 0 Å². The third kappa shape index (κ3) is 2.12. The standard InChI is InChI=1S/C27H17N3/c1-2-6-19-16(5-1)13-18-14-17(9-10-20(18)19)24-15-23-21-7-3-11-28-26(21)27-22(25(23)30-24)8-4-12-29-27/h1-12,14H,13,15H2. The van der Waals surface area contributed by atoms with Crippen molar-refractivity contribution in [2.24, 2.45) is 4.99 Å². The van der Waals surface area contributed by atoms with E-state index in [0.29, 0.717) is 0 Å². The van der Waals surface area contributed by atoms with Crippen molar-refractivity contribution in [3.05, 3.63) is 101 Å². The first-order valence-corrected chi connectivity index (χ1v) is 10.3. The molecule has 3 heteroatoms. The van der Waals surface area contributed by atoms with Crippen molar-refractivity contribution in [2.75, 3.05) is 0 Å². The molecule has 0 saturated carbocycles. The quantitative estimate of drug-likeness (QED) is 0.325. The maximum absolute atomic E-state index is 5.12. The van der Waals surface area contributed by atoms with E-state index in [9.17, 15) is 0 Å². The molecule has 1 aliphatic heterocycles. The number of fused-ring (bicyclic) bond motifs is 9. The van der Waals surface area contributed by atoms with Crippen LogP contribution in [0.3, 0.4) is 0 Å². The number of nitrogens with zero attached hydrogens (tertiary/aromatic N) is 3. The minimum atomic E-state index is 0.827. The molecule has 3 aromatic carbocycles. The van der Waals surface area contributed by atoms with Gasteiger partial charge in [0, 0.05) is 29.6 Å². The lowest BCUT2D eigenvalue weighted by molar-refractivity contribution is 1.26. The summed E-state index contributed by atoms with van der Waals surface area (Å²) in [6.45, 7) is 0. The zero-order valence-electron chi connectivity index (χ0n) is 16.3. The normalized spacial score (nSPS) is 13.9. The second-order valence-corrected chi connectivity index (χ2v) is 8.07. The summed E-state index contributed by atoms with van der Waals surface area (Å²) in [6.07, 6.45) is 5.51. The molecule has 1 aliphatic carbocycles. The van der Waals surface area contributed by atoms with Crippen LogP contribution >= 0.6 is 0 Å². The Balaban J connectivity index is 1.40. The number of rotatable bonds is 1. The lowest BCUT2D eigenvalue weighted by Crippen LogP contribution is -2.01. The average Bonchev–Trinajstić information content (AvgIpc) is 3.41. The number of hydrogen-bond acceptors (Lipinski definition) is 3. The fourth-order valence-electron chi connectivity index (χ4n) is 5.05. The van der Waals surface area contributed by atoms with E-state index in [0.717, 1.165) is 46.0 Å². The summed E-state index contributed by atoms with van der Waals surface area (Å²) in [5.74, 6) is 0. The van der Waals surface area contributed by atoms with E-state index in [4.69, 9.17) is 4.99 Å². The molecule has 0 unspecified atom stereocenters. The van der Waals surface area contributed by atoms with E-state index in [2.05, 4.69) is 64.6 Å². The van der Waals surface area contributed by atoms with E-state index in [-0.39, 0.29) is 0 Å². The molecular formula is C27H17N3. The van der Waals surface area contributed by atoms with Gasteiger partial charge in [0.2, 0.25) is 0 Å². The van der Waals surface area contributed by atoms with Crippen LogP contribution in [0.2, 0.25) is 0 Å². The van der Waals surface area contributed by atoms with Crippen LogP contribution in [0.25, 0.3) is 32.9 Å². The van der Waals surface area contributed by atoms with Gasteiger partial charge in [-0.3, -0.25) is 15.0 Å². The fourth-order valence-corrected chi connectivity index (χ4v) is 5.05. The molecule has 140 valence electrons. The van der Waals surface area contributed by atoms with Gasteiger partial charge in [-0.1, -0.05) is 42.5 Å². The Kier molecular flexibility index (Phi) is 3.11. The Bertz CT molecular complexity index is 1550. The van der Waals surface area contributed by atoms with Crippen LogP contribution < -0.4 is 0 Å². The maximum Gasteiger partial charge on any atom is 0.0986 e.